The van der Waals surface area contributed by atoms with E-state index in [4.69, 9.17) is 0 Å². The summed E-state index contributed by atoms with van der Waals surface area (Å²) in [6.07, 6.45) is 0. The molecule has 1 aromatic rings. The number of esters is 1. The maximum absolute atomic E-state index is 13.3. The highest BCUT2D eigenvalue weighted by atomic mass is 32.2. The number of halogens is 1. The van der Waals surface area contributed by atoms with Crippen LogP contribution in [0.2, 0.25) is 0 Å². The summed E-state index contributed by atoms with van der Waals surface area (Å²) in [7, 11) is 1.29. The second kappa shape index (κ2) is 7.13. The molecule has 0 unspecified atom stereocenters. The Morgan fingerprint density at radius 2 is 2.16 bits per heavy atom. The second-order valence-electron chi connectivity index (χ2n) is 3.98. The van der Waals surface area contributed by atoms with Gasteiger partial charge in [-0.3, -0.25) is 9.59 Å². The van der Waals surface area contributed by atoms with Crippen molar-refractivity contribution in [1.29, 1.82) is 0 Å². The van der Waals surface area contributed by atoms with Gasteiger partial charge in [-0.2, -0.15) is 0 Å². The fraction of sp³-hybridized carbons (Fsp3) is 0.385. The van der Waals surface area contributed by atoms with E-state index in [2.05, 4.69) is 10.1 Å². The third kappa shape index (κ3) is 4.90. The lowest BCUT2D eigenvalue weighted by molar-refractivity contribution is -0.137. The summed E-state index contributed by atoms with van der Waals surface area (Å²) in [4.78, 5) is 22.8. The van der Waals surface area contributed by atoms with E-state index in [-0.39, 0.29) is 23.4 Å². The predicted molar refractivity (Wildman–Crippen MR) is 73.7 cm³/mol. The van der Waals surface area contributed by atoms with Crippen molar-refractivity contribution in [3.05, 3.63) is 29.6 Å². The Morgan fingerprint density at radius 1 is 1.47 bits per heavy atom. The standard InChI is InChI=1S/C13H16FNO3S/c1-8-4-5-10(6-11(8)14)15-13(17)9(2)19-7-12(16)18-3/h4-6,9H,7H2,1-3H3,(H,15,17)/t9-/m0/s1. The third-order valence-electron chi connectivity index (χ3n) is 2.49. The van der Waals surface area contributed by atoms with Crippen LogP contribution in [0, 0.1) is 12.7 Å². The van der Waals surface area contributed by atoms with E-state index in [0.717, 1.165) is 11.8 Å². The zero-order chi connectivity index (χ0) is 14.4. The molecule has 0 bridgehead atoms. The van der Waals surface area contributed by atoms with Gasteiger partial charge >= 0.3 is 5.97 Å². The summed E-state index contributed by atoms with van der Waals surface area (Å²) >= 11 is 1.16. The number of thioether (sulfide) groups is 1. The number of ether oxygens (including phenoxy) is 1. The minimum Gasteiger partial charge on any atom is -0.468 e. The van der Waals surface area contributed by atoms with Crippen molar-refractivity contribution in [3.63, 3.8) is 0 Å². The van der Waals surface area contributed by atoms with Gasteiger partial charge < -0.3 is 10.1 Å². The van der Waals surface area contributed by atoms with E-state index < -0.39 is 5.25 Å². The maximum atomic E-state index is 13.3. The fourth-order valence-corrected chi connectivity index (χ4v) is 1.96. The number of nitrogens with one attached hydrogen (secondary N) is 1. The van der Waals surface area contributed by atoms with Crippen LogP contribution in [0.5, 0.6) is 0 Å². The normalized spacial score (nSPS) is 11.8. The first-order valence-corrected chi connectivity index (χ1v) is 6.74. The molecule has 1 rings (SSSR count). The van der Waals surface area contributed by atoms with Crippen molar-refractivity contribution in [1.82, 2.24) is 0 Å². The Morgan fingerprint density at radius 3 is 2.74 bits per heavy atom. The summed E-state index contributed by atoms with van der Waals surface area (Å²) in [6, 6.07) is 4.50. The van der Waals surface area contributed by atoms with Gasteiger partial charge in [0, 0.05) is 5.69 Å². The number of rotatable bonds is 5. The number of benzene rings is 1. The monoisotopic (exact) mass is 285 g/mol. The Hall–Kier alpha value is -1.56. The Balaban J connectivity index is 2.53. The highest BCUT2D eigenvalue weighted by Gasteiger charge is 2.15. The first-order chi connectivity index (χ1) is 8.93. The molecule has 1 N–H and O–H groups in total. The van der Waals surface area contributed by atoms with Gasteiger partial charge in [-0.1, -0.05) is 6.07 Å². The van der Waals surface area contributed by atoms with Gasteiger partial charge in [0.1, 0.15) is 5.82 Å². The summed E-state index contributed by atoms with van der Waals surface area (Å²) in [6.45, 7) is 3.32. The summed E-state index contributed by atoms with van der Waals surface area (Å²) in [5.74, 6) is -0.927. The summed E-state index contributed by atoms with van der Waals surface area (Å²) in [5, 5.41) is 2.17. The molecule has 104 valence electrons. The van der Waals surface area contributed by atoms with Crippen LogP contribution < -0.4 is 5.32 Å². The van der Waals surface area contributed by atoms with Crippen molar-refractivity contribution >= 4 is 29.3 Å². The van der Waals surface area contributed by atoms with Crippen LogP contribution in [-0.2, 0) is 14.3 Å². The number of carbonyl (C=O) groups is 2. The lowest BCUT2D eigenvalue weighted by atomic mass is 10.2. The van der Waals surface area contributed by atoms with Gasteiger partial charge in [-0.15, -0.1) is 11.8 Å². The average Bonchev–Trinajstić information content (AvgIpc) is 2.39. The molecule has 0 saturated heterocycles. The van der Waals surface area contributed by atoms with E-state index in [1.807, 2.05) is 0 Å². The molecule has 1 aromatic carbocycles. The molecule has 0 aliphatic carbocycles. The minimum atomic E-state index is -0.427. The van der Waals surface area contributed by atoms with Crippen molar-refractivity contribution in [2.24, 2.45) is 0 Å². The third-order valence-corrected chi connectivity index (χ3v) is 3.60. The predicted octanol–water partition coefficient (Wildman–Crippen LogP) is 2.37. The Bertz CT molecular complexity index is 479. The molecule has 0 aromatic heterocycles. The van der Waals surface area contributed by atoms with E-state index >= 15 is 0 Å². The highest BCUT2D eigenvalue weighted by molar-refractivity contribution is 8.01. The van der Waals surface area contributed by atoms with Crippen molar-refractivity contribution in [2.75, 3.05) is 18.2 Å². The Labute approximate surface area is 115 Å². The van der Waals surface area contributed by atoms with Crippen LogP contribution in [0.25, 0.3) is 0 Å². The van der Waals surface area contributed by atoms with Crippen molar-refractivity contribution in [2.45, 2.75) is 19.1 Å². The molecular weight excluding hydrogens is 269 g/mol. The molecule has 0 fully saturated rings. The number of amides is 1. The van der Waals surface area contributed by atoms with Gasteiger partial charge in [0.15, 0.2) is 0 Å². The second-order valence-corrected chi connectivity index (χ2v) is 5.31. The maximum Gasteiger partial charge on any atom is 0.315 e. The molecule has 0 spiro atoms. The molecular formula is C13H16FNO3S. The van der Waals surface area contributed by atoms with E-state index in [0.29, 0.717) is 11.3 Å². The quantitative estimate of drug-likeness (QED) is 0.844. The zero-order valence-corrected chi connectivity index (χ0v) is 11.8. The van der Waals surface area contributed by atoms with Crippen LogP contribution in [0.4, 0.5) is 10.1 Å². The molecule has 1 atom stereocenters. The zero-order valence-electron chi connectivity index (χ0n) is 11.0. The summed E-state index contributed by atoms with van der Waals surface area (Å²) in [5.41, 5.74) is 0.921. The SMILES string of the molecule is COC(=O)CS[C@@H](C)C(=O)Nc1ccc(C)c(F)c1. The van der Waals surface area contributed by atoms with Crippen LogP contribution in [0.3, 0.4) is 0 Å². The van der Waals surface area contributed by atoms with Gasteiger partial charge in [-0.05, 0) is 31.5 Å². The summed E-state index contributed by atoms with van der Waals surface area (Å²) < 4.78 is 17.8. The number of hydrogen-bond donors (Lipinski definition) is 1. The van der Waals surface area contributed by atoms with Crippen molar-refractivity contribution < 1.29 is 18.7 Å². The molecule has 0 aliphatic heterocycles. The molecule has 0 saturated carbocycles. The van der Waals surface area contributed by atoms with Crippen LogP contribution in [0.15, 0.2) is 18.2 Å². The Kier molecular flexibility index (Phi) is 5.82. The molecule has 0 aliphatic rings. The molecule has 0 radical (unpaired) electrons. The van der Waals surface area contributed by atoms with Gasteiger partial charge in [0.2, 0.25) is 5.91 Å². The van der Waals surface area contributed by atoms with Gasteiger partial charge in [0.25, 0.3) is 0 Å². The van der Waals surface area contributed by atoms with E-state index in [9.17, 15) is 14.0 Å². The van der Waals surface area contributed by atoms with Crippen LogP contribution in [0.1, 0.15) is 12.5 Å². The highest BCUT2D eigenvalue weighted by Crippen LogP contribution is 2.16. The molecule has 1 amide bonds. The first kappa shape index (κ1) is 15.5. The van der Waals surface area contributed by atoms with Gasteiger partial charge in [0.05, 0.1) is 18.1 Å². The molecule has 0 heterocycles. The molecule has 4 nitrogen and oxygen atoms in total. The van der Waals surface area contributed by atoms with Crippen molar-refractivity contribution in [3.8, 4) is 0 Å². The first-order valence-electron chi connectivity index (χ1n) is 5.69. The molecule has 19 heavy (non-hydrogen) atoms. The largest absolute Gasteiger partial charge is 0.468 e. The van der Waals surface area contributed by atoms with E-state index in [1.165, 1.54) is 13.2 Å². The number of anilines is 1. The van der Waals surface area contributed by atoms with Crippen LogP contribution >= 0.6 is 11.8 Å². The fourth-order valence-electron chi connectivity index (χ4n) is 1.24. The topological polar surface area (TPSA) is 55.4 Å². The average molecular weight is 285 g/mol. The smallest absolute Gasteiger partial charge is 0.315 e. The van der Waals surface area contributed by atoms with Crippen LogP contribution in [-0.4, -0.2) is 30.0 Å². The number of hydrogen-bond acceptors (Lipinski definition) is 4. The lowest BCUT2D eigenvalue weighted by Crippen LogP contribution is -2.24. The number of carbonyl (C=O) groups excluding carboxylic acids is 2. The molecule has 6 heteroatoms. The number of aryl methyl sites for hydroxylation is 1. The lowest BCUT2D eigenvalue weighted by Gasteiger charge is -2.11. The number of methoxy groups -OCH3 is 1. The van der Waals surface area contributed by atoms with E-state index in [1.54, 1.807) is 26.0 Å². The minimum absolute atomic E-state index is 0.105. The van der Waals surface area contributed by atoms with Gasteiger partial charge in [-0.25, -0.2) is 4.39 Å².